The van der Waals surface area contributed by atoms with Gasteiger partial charge in [0.2, 0.25) is 5.88 Å². The van der Waals surface area contributed by atoms with Crippen molar-refractivity contribution in [2.45, 2.75) is 65.6 Å². The lowest BCUT2D eigenvalue weighted by molar-refractivity contribution is 0.0565. The number of anilines is 2. The standard InChI is InChI=1S/C28H31FN4O5/c1-15-20-13-30-22(32-26(34)37-18-7-6-8-18)12-17(20)11-19(23(15)29)21-14-31-25-24(16(21)2)33(9-10-36-25)27(35)38-28(3,4)5/h11-14,18H,6-10H2,1-5H3,(H,30,32,34). The first-order valence-electron chi connectivity index (χ1n) is 12.7. The number of rotatable bonds is 3. The van der Waals surface area contributed by atoms with E-state index in [0.717, 1.165) is 19.3 Å². The van der Waals surface area contributed by atoms with Crippen molar-refractivity contribution in [3.8, 4) is 17.0 Å². The lowest BCUT2D eigenvalue weighted by Crippen LogP contribution is -2.42. The predicted octanol–water partition coefficient (Wildman–Crippen LogP) is 6.29. The molecule has 0 unspecified atom stereocenters. The first kappa shape index (κ1) is 25.7. The van der Waals surface area contributed by atoms with Gasteiger partial charge in [0, 0.05) is 28.9 Å². The summed E-state index contributed by atoms with van der Waals surface area (Å²) in [5.41, 5.74) is 1.64. The van der Waals surface area contributed by atoms with Crippen molar-refractivity contribution >= 4 is 34.5 Å². The number of hydrogen-bond donors (Lipinski definition) is 1. The average molecular weight is 523 g/mol. The molecule has 2 aromatic heterocycles. The SMILES string of the molecule is Cc1c(-c2cc3cc(NC(=O)OC4CCC4)ncc3c(C)c2F)cnc2c1N(C(=O)OC(C)(C)C)CCO2. The van der Waals surface area contributed by atoms with Crippen LogP contribution in [-0.4, -0.2) is 47.0 Å². The zero-order valence-electron chi connectivity index (χ0n) is 22.2. The maximum absolute atomic E-state index is 15.7. The van der Waals surface area contributed by atoms with Crippen molar-refractivity contribution in [3.05, 3.63) is 41.5 Å². The summed E-state index contributed by atoms with van der Waals surface area (Å²) in [6, 6.07) is 3.38. The van der Waals surface area contributed by atoms with Crippen LogP contribution in [0.4, 0.5) is 25.5 Å². The van der Waals surface area contributed by atoms with Gasteiger partial charge >= 0.3 is 12.2 Å². The van der Waals surface area contributed by atoms with Gasteiger partial charge in [0.15, 0.2) is 0 Å². The van der Waals surface area contributed by atoms with Crippen LogP contribution in [-0.2, 0) is 9.47 Å². The van der Waals surface area contributed by atoms with Gasteiger partial charge < -0.3 is 14.2 Å². The van der Waals surface area contributed by atoms with Crippen LogP contribution in [0.2, 0.25) is 0 Å². The summed E-state index contributed by atoms with van der Waals surface area (Å²) >= 11 is 0. The smallest absolute Gasteiger partial charge is 0.415 e. The third-order valence-electron chi connectivity index (χ3n) is 6.76. The molecule has 2 amide bonds. The van der Waals surface area contributed by atoms with E-state index in [1.54, 1.807) is 52.9 Å². The highest BCUT2D eigenvalue weighted by molar-refractivity contribution is 5.96. The Morgan fingerprint density at radius 3 is 2.55 bits per heavy atom. The lowest BCUT2D eigenvalue weighted by atomic mass is 9.95. The van der Waals surface area contributed by atoms with Crippen LogP contribution in [0.3, 0.4) is 0 Å². The highest BCUT2D eigenvalue weighted by atomic mass is 19.1. The van der Waals surface area contributed by atoms with E-state index in [1.165, 1.54) is 11.1 Å². The van der Waals surface area contributed by atoms with Gasteiger partial charge in [-0.3, -0.25) is 10.2 Å². The van der Waals surface area contributed by atoms with E-state index >= 15 is 4.39 Å². The van der Waals surface area contributed by atoms with E-state index in [9.17, 15) is 9.59 Å². The topological polar surface area (TPSA) is 103 Å². The van der Waals surface area contributed by atoms with Gasteiger partial charge in [-0.15, -0.1) is 0 Å². The molecule has 0 spiro atoms. The summed E-state index contributed by atoms with van der Waals surface area (Å²) in [6.07, 6.45) is 4.74. The molecule has 1 saturated carbocycles. The molecule has 1 aliphatic carbocycles. The number of aryl methyl sites for hydroxylation is 1. The summed E-state index contributed by atoms with van der Waals surface area (Å²) in [5, 5.41) is 3.97. The maximum Gasteiger partial charge on any atom is 0.415 e. The average Bonchev–Trinajstić information content (AvgIpc) is 2.83. The van der Waals surface area contributed by atoms with Crippen molar-refractivity contribution in [1.29, 1.82) is 0 Å². The minimum atomic E-state index is -0.680. The molecule has 3 aromatic rings. The molecule has 9 nitrogen and oxygen atoms in total. The Hall–Kier alpha value is -3.95. The Balaban J connectivity index is 1.53. The zero-order valence-corrected chi connectivity index (χ0v) is 22.2. The molecule has 0 saturated heterocycles. The van der Waals surface area contributed by atoms with E-state index in [2.05, 4.69) is 15.3 Å². The van der Waals surface area contributed by atoms with Crippen LogP contribution >= 0.6 is 0 Å². The van der Waals surface area contributed by atoms with Gasteiger partial charge in [0.05, 0.1) is 6.54 Å². The molecule has 3 heterocycles. The van der Waals surface area contributed by atoms with Gasteiger partial charge in [-0.2, -0.15) is 0 Å². The number of nitrogens with one attached hydrogen (secondary N) is 1. The quantitative estimate of drug-likeness (QED) is 0.431. The first-order valence-corrected chi connectivity index (χ1v) is 12.7. The van der Waals surface area contributed by atoms with E-state index < -0.39 is 23.6 Å². The molecular weight excluding hydrogens is 491 g/mol. The number of nitrogens with zero attached hydrogens (tertiary/aromatic N) is 3. The monoisotopic (exact) mass is 522 g/mol. The molecule has 1 fully saturated rings. The Bertz CT molecular complexity index is 1430. The fraction of sp³-hybridized carbons (Fsp3) is 0.429. The Morgan fingerprint density at radius 2 is 1.87 bits per heavy atom. The molecule has 0 bridgehead atoms. The number of fused-ring (bicyclic) bond motifs is 2. The van der Waals surface area contributed by atoms with Crippen molar-refractivity contribution in [1.82, 2.24) is 9.97 Å². The van der Waals surface area contributed by atoms with Gasteiger partial charge in [0.1, 0.15) is 35.6 Å². The van der Waals surface area contributed by atoms with Gasteiger partial charge in [-0.1, -0.05) is 0 Å². The van der Waals surface area contributed by atoms with Gasteiger partial charge in [0.25, 0.3) is 0 Å². The summed E-state index contributed by atoms with van der Waals surface area (Å²) in [6.45, 7) is 9.43. The molecule has 38 heavy (non-hydrogen) atoms. The molecule has 5 rings (SSSR count). The van der Waals surface area contributed by atoms with Crippen molar-refractivity contribution in [2.24, 2.45) is 0 Å². The van der Waals surface area contributed by atoms with Crippen LogP contribution in [0.15, 0.2) is 24.5 Å². The Kier molecular flexibility index (Phi) is 6.58. The molecule has 2 aliphatic rings. The fourth-order valence-electron chi connectivity index (χ4n) is 4.59. The highest BCUT2D eigenvalue weighted by Crippen LogP contribution is 2.41. The fourth-order valence-corrected chi connectivity index (χ4v) is 4.59. The Morgan fingerprint density at radius 1 is 1.11 bits per heavy atom. The zero-order chi connectivity index (χ0) is 27.2. The molecule has 1 aromatic carbocycles. The number of benzene rings is 1. The molecule has 200 valence electrons. The molecule has 1 N–H and O–H groups in total. The second-order valence-electron chi connectivity index (χ2n) is 10.7. The third kappa shape index (κ3) is 4.94. The number of halogens is 1. The molecule has 10 heteroatoms. The predicted molar refractivity (Wildman–Crippen MR) is 141 cm³/mol. The summed E-state index contributed by atoms with van der Waals surface area (Å²) in [5.74, 6) is 0.181. The number of amides is 2. The summed E-state index contributed by atoms with van der Waals surface area (Å²) in [4.78, 5) is 35.4. The van der Waals surface area contributed by atoms with Crippen LogP contribution < -0.4 is 15.0 Å². The number of carbonyl (C=O) groups excluding carboxylic acids is 2. The summed E-state index contributed by atoms with van der Waals surface area (Å²) < 4.78 is 32.4. The molecule has 0 radical (unpaired) electrons. The van der Waals surface area contributed by atoms with Gasteiger partial charge in [-0.05, 0) is 82.5 Å². The lowest BCUT2D eigenvalue weighted by Gasteiger charge is -2.32. The first-order chi connectivity index (χ1) is 18.0. The Labute approximate surface area is 220 Å². The van der Waals surface area contributed by atoms with Crippen LogP contribution in [0.1, 0.15) is 51.2 Å². The molecular formula is C28H31FN4O5. The minimum Gasteiger partial charge on any atom is -0.474 e. The van der Waals surface area contributed by atoms with E-state index in [4.69, 9.17) is 14.2 Å². The largest absolute Gasteiger partial charge is 0.474 e. The van der Waals surface area contributed by atoms with Crippen molar-refractivity contribution < 1.29 is 28.2 Å². The highest BCUT2D eigenvalue weighted by Gasteiger charge is 2.32. The van der Waals surface area contributed by atoms with Crippen LogP contribution in [0.5, 0.6) is 5.88 Å². The minimum absolute atomic E-state index is 0.0536. The van der Waals surface area contributed by atoms with E-state index in [-0.39, 0.29) is 19.3 Å². The normalized spacial score (nSPS) is 15.4. The van der Waals surface area contributed by atoms with E-state index in [0.29, 0.717) is 50.4 Å². The number of carbonyl (C=O) groups is 2. The molecule has 0 atom stereocenters. The second kappa shape index (κ2) is 9.74. The third-order valence-corrected chi connectivity index (χ3v) is 6.76. The van der Waals surface area contributed by atoms with E-state index in [1.807, 2.05) is 0 Å². The molecule has 1 aliphatic heterocycles. The number of aromatic nitrogens is 2. The maximum atomic E-state index is 15.7. The number of ether oxygens (including phenoxy) is 3. The number of pyridine rings is 2. The van der Waals surface area contributed by atoms with Crippen LogP contribution in [0.25, 0.3) is 21.9 Å². The summed E-state index contributed by atoms with van der Waals surface area (Å²) in [7, 11) is 0. The van der Waals surface area contributed by atoms with Gasteiger partial charge in [-0.25, -0.2) is 23.9 Å². The number of hydrogen-bond acceptors (Lipinski definition) is 7. The van der Waals surface area contributed by atoms with Crippen molar-refractivity contribution in [2.75, 3.05) is 23.4 Å². The van der Waals surface area contributed by atoms with Crippen LogP contribution in [0, 0.1) is 19.7 Å². The van der Waals surface area contributed by atoms with Crippen molar-refractivity contribution in [3.63, 3.8) is 0 Å². The second-order valence-corrected chi connectivity index (χ2v) is 10.7.